The van der Waals surface area contributed by atoms with Crippen molar-refractivity contribution in [2.45, 2.75) is 19.4 Å². The van der Waals surface area contributed by atoms with E-state index in [0.717, 1.165) is 0 Å². The highest BCUT2D eigenvalue weighted by Crippen LogP contribution is 2.08. The molecule has 0 unspecified atom stereocenters. The number of nitrogens with one attached hydrogen (secondary N) is 1. The molecule has 0 saturated heterocycles. The number of carboxylic acid groups (broad SMARTS) is 1. The molecule has 6 nitrogen and oxygen atoms in total. The van der Waals surface area contributed by atoms with Crippen LogP contribution in [0.3, 0.4) is 0 Å². The zero-order chi connectivity index (χ0) is 9.78. The van der Waals surface area contributed by atoms with Crippen LogP contribution >= 0.6 is 0 Å². The number of carboxylic acids is 1. The van der Waals surface area contributed by atoms with Crippen LogP contribution < -0.4 is 5.73 Å². The first-order valence-corrected chi connectivity index (χ1v) is 3.07. The smallest absolute Gasteiger partial charge is 0.350 e. The minimum atomic E-state index is -1.48. The highest BCUT2D eigenvalue weighted by molar-refractivity contribution is 6.24. The van der Waals surface area contributed by atoms with E-state index in [1.54, 1.807) is 0 Å². The Labute approximate surface area is 69.0 Å². The summed E-state index contributed by atoms with van der Waals surface area (Å²) in [6.07, 6.45) is 0.588. The van der Waals surface area contributed by atoms with Crippen molar-refractivity contribution in [1.82, 2.24) is 5.73 Å². The van der Waals surface area contributed by atoms with E-state index in [2.05, 4.69) is 9.99 Å². The number of hydrogen-bond acceptors (Lipinski definition) is 4. The molecule has 0 aliphatic rings. The second kappa shape index (κ2) is 3.70. The number of carbonyl (C=O) groups excluding carboxylic acids is 1. The Morgan fingerprint density at radius 3 is 2.42 bits per heavy atom. The number of carbonyl (C=O) groups is 2. The molecule has 0 aliphatic heterocycles. The maximum Gasteiger partial charge on any atom is 0.350 e. The van der Waals surface area contributed by atoms with Crippen LogP contribution in [-0.4, -0.2) is 28.8 Å². The Morgan fingerprint density at radius 1 is 1.58 bits per heavy atom. The molecular formula is C6H9N2O4. The minimum absolute atomic E-state index is 0.588. The lowest BCUT2D eigenvalue weighted by Crippen LogP contribution is -2.33. The van der Waals surface area contributed by atoms with Gasteiger partial charge in [0.25, 0.3) is 5.91 Å². The molecule has 2 N–H and O–H groups in total. The quantitative estimate of drug-likeness (QED) is 0.464. The Balaban J connectivity index is 4.09. The van der Waals surface area contributed by atoms with Gasteiger partial charge in [0.1, 0.15) is 6.21 Å². The Kier molecular flexibility index (Phi) is 3.21. The average molecular weight is 173 g/mol. The fraction of sp³-hybridized carbons (Fsp3) is 0.500. The fourth-order valence-electron chi connectivity index (χ4n) is 0.245. The summed E-state index contributed by atoms with van der Waals surface area (Å²) in [6.45, 7) is 2.56. The van der Waals surface area contributed by atoms with Gasteiger partial charge in [0, 0.05) is 0 Å². The Hall–Kier alpha value is -1.59. The van der Waals surface area contributed by atoms with E-state index in [9.17, 15) is 9.59 Å². The summed E-state index contributed by atoms with van der Waals surface area (Å²) in [5.74, 6) is -2.24. The van der Waals surface area contributed by atoms with Crippen molar-refractivity contribution in [3.8, 4) is 0 Å². The molecule has 6 heteroatoms. The van der Waals surface area contributed by atoms with Gasteiger partial charge in [0.15, 0.2) is 0 Å². The van der Waals surface area contributed by atoms with Gasteiger partial charge in [-0.15, -0.1) is 0 Å². The topological polar surface area (TPSA) is 99.8 Å². The fourth-order valence-corrected chi connectivity index (χ4v) is 0.245. The lowest BCUT2D eigenvalue weighted by molar-refractivity contribution is -0.161. The first kappa shape index (κ1) is 10.4. The summed E-state index contributed by atoms with van der Waals surface area (Å²) >= 11 is 0. The molecule has 0 bridgehead atoms. The van der Waals surface area contributed by atoms with E-state index in [0.29, 0.717) is 6.21 Å². The normalized spacial score (nSPS) is 11.5. The van der Waals surface area contributed by atoms with Crippen molar-refractivity contribution < 1.29 is 19.5 Å². The van der Waals surface area contributed by atoms with Crippen LogP contribution in [0.25, 0.3) is 0 Å². The second-order valence-corrected chi connectivity index (χ2v) is 2.51. The van der Waals surface area contributed by atoms with Gasteiger partial charge < -0.3 is 9.94 Å². The molecule has 0 aliphatic carbocycles. The molecule has 0 aromatic heterocycles. The van der Waals surface area contributed by atoms with Crippen LogP contribution in [0.15, 0.2) is 5.16 Å². The third-order valence-electron chi connectivity index (χ3n) is 0.966. The highest BCUT2D eigenvalue weighted by Gasteiger charge is 2.29. The molecular weight excluding hydrogens is 164 g/mol. The maximum atomic E-state index is 10.4. The molecule has 0 aromatic carbocycles. The molecule has 0 atom stereocenters. The zero-order valence-corrected chi connectivity index (χ0v) is 6.70. The molecule has 0 spiro atoms. The van der Waals surface area contributed by atoms with Crippen LogP contribution in [0.5, 0.6) is 0 Å². The highest BCUT2D eigenvalue weighted by atomic mass is 16.7. The number of hydrogen-bond donors (Lipinski definition) is 1. The second-order valence-electron chi connectivity index (χ2n) is 2.51. The van der Waals surface area contributed by atoms with Gasteiger partial charge in [-0.25, -0.2) is 4.79 Å². The number of aliphatic carboxylic acids is 1. The molecule has 1 radical (unpaired) electrons. The zero-order valence-electron chi connectivity index (χ0n) is 6.70. The van der Waals surface area contributed by atoms with Gasteiger partial charge in [-0.1, -0.05) is 5.16 Å². The van der Waals surface area contributed by atoms with E-state index in [4.69, 9.17) is 10.8 Å². The molecule has 0 heterocycles. The number of amides is 1. The molecule has 0 saturated carbocycles. The third-order valence-corrected chi connectivity index (χ3v) is 0.966. The monoisotopic (exact) mass is 173 g/mol. The van der Waals surface area contributed by atoms with Crippen LogP contribution in [-0.2, 0) is 14.4 Å². The third kappa shape index (κ3) is 3.55. The molecule has 0 fully saturated rings. The van der Waals surface area contributed by atoms with E-state index in [1.165, 1.54) is 13.8 Å². The lowest BCUT2D eigenvalue weighted by atomic mass is 10.1. The lowest BCUT2D eigenvalue weighted by Gasteiger charge is -2.15. The van der Waals surface area contributed by atoms with Crippen molar-refractivity contribution in [3.63, 3.8) is 0 Å². The first-order chi connectivity index (χ1) is 5.36. The summed E-state index contributed by atoms with van der Waals surface area (Å²) in [5.41, 5.74) is 4.90. The average Bonchev–Trinajstić information content (AvgIpc) is 1.85. The summed E-state index contributed by atoms with van der Waals surface area (Å²) < 4.78 is 0. The number of rotatable bonds is 4. The van der Waals surface area contributed by atoms with E-state index in [-0.39, 0.29) is 0 Å². The van der Waals surface area contributed by atoms with Crippen molar-refractivity contribution in [2.24, 2.45) is 5.16 Å². The molecule has 67 valence electrons. The van der Waals surface area contributed by atoms with Crippen molar-refractivity contribution in [1.29, 1.82) is 0 Å². The SMILES string of the molecule is CC(C)(ON=CC([NH])=O)C(=O)O. The predicted molar refractivity (Wildman–Crippen MR) is 39.4 cm³/mol. The number of nitrogens with zero attached hydrogens (tertiary/aromatic N) is 1. The summed E-state index contributed by atoms with van der Waals surface area (Å²) in [7, 11) is 0. The maximum absolute atomic E-state index is 10.4. The van der Waals surface area contributed by atoms with Gasteiger partial charge >= 0.3 is 5.97 Å². The molecule has 12 heavy (non-hydrogen) atoms. The van der Waals surface area contributed by atoms with Crippen LogP contribution in [0, 0.1) is 0 Å². The summed E-state index contributed by atoms with van der Waals surface area (Å²) in [5, 5.41) is 11.5. The van der Waals surface area contributed by atoms with Gasteiger partial charge in [-0.2, -0.15) is 0 Å². The van der Waals surface area contributed by atoms with Gasteiger partial charge in [0.05, 0.1) is 0 Å². The Bertz CT molecular complexity index is 222. The number of oxime groups is 1. The van der Waals surface area contributed by atoms with Crippen molar-refractivity contribution in [2.75, 3.05) is 0 Å². The largest absolute Gasteiger partial charge is 0.478 e. The molecule has 0 rings (SSSR count). The standard InChI is InChI=1S/C6H9N2O4/c1-6(2,5(10)11)12-8-3-4(7)9/h3,7H,1-2H3,(H,10,11). The molecule has 0 aromatic rings. The predicted octanol–water partition coefficient (Wildman–Crippen LogP) is -0.339. The Morgan fingerprint density at radius 2 is 2.08 bits per heavy atom. The summed E-state index contributed by atoms with van der Waals surface area (Å²) in [6, 6.07) is 0. The van der Waals surface area contributed by atoms with E-state index < -0.39 is 17.5 Å². The van der Waals surface area contributed by atoms with Crippen LogP contribution in [0.2, 0.25) is 0 Å². The van der Waals surface area contributed by atoms with E-state index in [1.807, 2.05) is 0 Å². The first-order valence-electron chi connectivity index (χ1n) is 3.07. The van der Waals surface area contributed by atoms with Gasteiger partial charge in [0.2, 0.25) is 5.60 Å². The minimum Gasteiger partial charge on any atom is -0.478 e. The van der Waals surface area contributed by atoms with E-state index >= 15 is 0 Å². The summed E-state index contributed by atoms with van der Waals surface area (Å²) in [4.78, 5) is 24.8. The van der Waals surface area contributed by atoms with Crippen LogP contribution in [0.1, 0.15) is 13.8 Å². The van der Waals surface area contributed by atoms with Crippen LogP contribution in [0.4, 0.5) is 0 Å². The molecule has 1 amide bonds. The van der Waals surface area contributed by atoms with Gasteiger partial charge in [-0.05, 0) is 13.8 Å². The van der Waals surface area contributed by atoms with Crippen molar-refractivity contribution >= 4 is 18.1 Å². The van der Waals surface area contributed by atoms with Gasteiger partial charge in [-0.3, -0.25) is 10.5 Å². The van der Waals surface area contributed by atoms with Crippen molar-refractivity contribution in [3.05, 3.63) is 0 Å².